The van der Waals surface area contributed by atoms with Gasteiger partial charge in [-0.25, -0.2) is 0 Å². The Labute approximate surface area is 118 Å². The van der Waals surface area contributed by atoms with Gasteiger partial charge in [0.1, 0.15) is 0 Å². The van der Waals surface area contributed by atoms with E-state index in [4.69, 9.17) is 0 Å². The molecule has 0 aliphatic carbocycles. The highest BCUT2D eigenvalue weighted by Gasteiger charge is 2.09. The molecule has 0 bridgehead atoms. The van der Waals surface area contributed by atoms with Crippen molar-refractivity contribution < 1.29 is 0 Å². The van der Waals surface area contributed by atoms with Crippen LogP contribution < -0.4 is 11.1 Å². The summed E-state index contributed by atoms with van der Waals surface area (Å²) < 4.78 is 2.91. The van der Waals surface area contributed by atoms with Gasteiger partial charge in [-0.2, -0.15) is 0 Å². The van der Waals surface area contributed by atoms with Gasteiger partial charge < -0.3 is 4.57 Å². The summed E-state index contributed by atoms with van der Waals surface area (Å²) in [7, 11) is 0. The molecule has 0 saturated carbocycles. The quantitative estimate of drug-likeness (QED) is 0.805. The maximum atomic E-state index is 12.3. The van der Waals surface area contributed by atoms with Crippen LogP contribution in [0.2, 0.25) is 0 Å². The number of nitrogens with zero attached hydrogens (tertiary/aromatic N) is 2. The van der Waals surface area contributed by atoms with Gasteiger partial charge in [0.25, 0.3) is 0 Å². The van der Waals surface area contributed by atoms with Gasteiger partial charge in [0.15, 0.2) is 0 Å². The van der Waals surface area contributed by atoms with E-state index < -0.39 is 11.1 Å². The minimum atomic E-state index is -0.498. The number of rotatable bonds is 3. The van der Waals surface area contributed by atoms with E-state index in [9.17, 15) is 9.59 Å². The Morgan fingerprint density at radius 2 is 1.75 bits per heavy atom. The Bertz CT molecular complexity index is 739. The number of aromatic nitrogens is 2. The number of aryl methyl sites for hydroxylation is 2. The SMILES string of the molecule is Cc1ccc(C)c(-n2ccn(CC(C)C)c(=O)c2=O)c1. The van der Waals surface area contributed by atoms with E-state index in [2.05, 4.69) is 0 Å². The minimum Gasteiger partial charge on any atom is -0.309 e. The lowest BCUT2D eigenvalue weighted by Crippen LogP contribution is -2.40. The molecule has 1 aromatic carbocycles. The lowest BCUT2D eigenvalue weighted by Gasteiger charge is -2.12. The van der Waals surface area contributed by atoms with Crippen LogP contribution in [-0.4, -0.2) is 9.13 Å². The fourth-order valence-corrected chi connectivity index (χ4v) is 2.21. The molecule has 0 fully saturated rings. The third-order valence-electron chi connectivity index (χ3n) is 3.24. The molecular formula is C16H20N2O2. The molecule has 2 rings (SSSR count). The fourth-order valence-electron chi connectivity index (χ4n) is 2.21. The van der Waals surface area contributed by atoms with E-state index in [1.54, 1.807) is 12.4 Å². The highest BCUT2D eigenvalue weighted by Crippen LogP contribution is 2.13. The summed E-state index contributed by atoms with van der Waals surface area (Å²) >= 11 is 0. The molecule has 4 nitrogen and oxygen atoms in total. The van der Waals surface area contributed by atoms with E-state index in [1.807, 2.05) is 45.9 Å². The van der Waals surface area contributed by atoms with Gasteiger partial charge in [-0.05, 0) is 37.0 Å². The van der Waals surface area contributed by atoms with E-state index in [-0.39, 0.29) is 0 Å². The van der Waals surface area contributed by atoms with Gasteiger partial charge in [0.2, 0.25) is 0 Å². The molecule has 2 aromatic rings. The molecule has 0 atom stereocenters. The molecule has 0 unspecified atom stereocenters. The van der Waals surface area contributed by atoms with E-state index >= 15 is 0 Å². The van der Waals surface area contributed by atoms with Crippen molar-refractivity contribution in [3.05, 3.63) is 62.4 Å². The van der Waals surface area contributed by atoms with Crippen molar-refractivity contribution in [1.82, 2.24) is 9.13 Å². The molecule has 0 radical (unpaired) electrons. The van der Waals surface area contributed by atoms with Crippen LogP contribution in [-0.2, 0) is 6.54 Å². The summed E-state index contributed by atoms with van der Waals surface area (Å²) in [5.41, 5.74) is 1.83. The molecule has 0 N–H and O–H groups in total. The Balaban J connectivity index is 2.60. The van der Waals surface area contributed by atoms with Crippen molar-refractivity contribution in [2.75, 3.05) is 0 Å². The van der Waals surface area contributed by atoms with Crippen molar-refractivity contribution in [2.24, 2.45) is 5.92 Å². The predicted molar refractivity (Wildman–Crippen MR) is 80.6 cm³/mol. The molecule has 0 spiro atoms. The van der Waals surface area contributed by atoms with Crippen molar-refractivity contribution in [3.63, 3.8) is 0 Å². The Kier molecular flexibility index (Phi) is 3.93. The van der Waals surface area contributed by atoms with Gasteiger partial charge in [-0.1, -0.05) is 26.0 Å². The monoisotopic (exact) mass is 272 g/mol. The van der Waals surface area contributed by atoms with Gasteiger partial charge >= 0.3 is 11.1 Å². The molecular weight excluding hydrogens is 252 g/mol. The van der Waals surface area contributed by atoms with Crippen LogP contribution in [0.5, 0.6) is 0 Å². The fraction of sp³-hybridized carbons (Fsp3) is 0.375. The van der Waals surface area contributed by atoms with E-state index in [0.29, 0.717) is 12.5 Å². The topological polar surface area (TPSA) is 44.0 Å². The molecule has 1 heterocycles. The van der Waals surface area contributed by atoms with E-state index in [1.165, 1.54) is 9.13 Å². The first-order valence-electron chi connectivity index (χ1n) is 6.80. The zero-order valence-corrected chi connectivity index (χ0v) is 12.4. The summed E-state index contributed by atoms with van der Waals surface area (Å²) in [6, 6.07) is 5.86. The van der Waals surface area contributed by atoms with Gasteiger partial charge in [-0.15, -0.1) is 0 Å². The minimum absolute atomic E-state index is 0.323. The van der Waals surface area contributed by atoms with Crippen LogP contribution in [0.3, 0.4) is 0 Å². The van der Waals surface area contributed by atoms with Crippen molar-refractivity contribution in [2.45, 2.75) is 34.2 Å². The summed E-state index contributed by atoms with van der Waals surface area (Å²) in [6.45, 7) is 8.49. The van der Waals surface area contributed by atoms with Gasteiger partial charge in [0.05, 0.1) is 5.69 Å². The molecule has 106 valence electrons. The Hall–Kier alpha value is -2.10. The van der Waals surface area contributed by atoms with Crippen LogP contribution in [0, 0.1) is 19.8 Å². The zero-order valence-electron chi connectivity index (χ0n) is 12.4. The van der Waals surface area contributed by atoms with Crippen LogP contribution in [0.15, 0.2) is 40.2 Å². The molecule has 0 amide bonds. The summed E-state index contributed by atoms with van der Waals surface area (Å²) in [4.78, 5) is 24.4. The normalized spacial score (nSPS) is 11.1. The third-order valence-corrected chi connectivity index (χ3v) is 3.24. The first kappa shape index (κ1) is 14.3. The second-order valence-electron chi connectivity index (χ2n) is 5.61. The molecule has 4 heteroatoms. The molecule has 0 saturated heterocycles. The number of hydrogen-bond donors (Lipinski definition) is 0. The highest BCUT2D eigenvalue weighted by molar-refractivity contribution is 5.42. The molecule has 20 heavy (non-hydrogen) atoms. The summed E-state index contributed by atoms with van der Waals surface area (Å²) in [6.07, 6.45) is 3.36. The standard InChI is InChI=1S/C16H20N2O2/c1-11(2)10-17-7-8-18(16(20)15(17)19)14-9-12(3)5-6-13(14)4/h5-9,11H,10H2,1-4H3. The largest absolute Gasteiger partial charge is 0.320 e. The van der Waals surface area contributed by atoms with Crippen LogP contribution in [0.25, 0.3) is 5.69 Å². The second kappa shape index (κ2) is 5.49. The predicted octanol–water partition coefficient (Wildman–Crippen LogP) is 2.27. The molecule has 0 aliphatic heterocycles. The maximum absolute atomic E-state index is 12.3. The van der Waals surface area contributed by atoms with Crippen LogP contribution >= 0.6 is 0 Å². The number of hydrogen-bond acceptors (Lipinski definition) is 2. The smallest absolute Gasteiger partial charge is 0.309 e. The van der Waals surface area contributed by atoms with Gasteiger partial charge in [-0.3, -0.25) is 14.2 Å². The maximum Gasteiger partial charge on any atom is 0.320 e. The highest BCUT2D eigenvalue weighted by atomic mass is 16.2. The van der Waals surface area contributed by atoms with Gasteiger partial charge in [0, 0.05) is 18.9 Å². The third kappa shape index (κ3) is 2.74. The lowest BCUT2D eigenvalue weighted by atomic mass is 10.1. The summed E-state index contributed by atoms with van der Waals surface area (Å²) in [5.74, 6) is 0.323. The van der Waals surface area contributed by atoms with Crippen molar-refractivity contribution >= 4 is 0 Å². The average molecular weight is 272 g/mol. The lowest BCUT2D eigenvalue weighted by molar-refractivity contribution is 0.504. The zero-order chi connectivity index (χ0) is 14.9. The number of benzene rings is 1. The Morgan fingerprint density at radius 3 is 2.40 bits per heavy atom. The van der Waals surface area contributed by atoms with E-state index in [0.717, 1.165) is 16.8 Å². The summed E-state index contributed by atoms with van der Waals surface area (Å²) in [5, 5.41) is 0. The first-order valence-corrected chi connectivity index (χ1v) is 6.80. The van der Waals surface area contributed by atoms with Crippen LogP contribution in [0.1, 0.15) is 25.0 Å². The second-order valence-corrected chi connectivity index (χ2v) is 5.61. The molecule has 1 aromatic heterocycles. The first-order chi connectivity index (χ1) is 9.40. The van der Waals surface area contributed by atoms with Crippen molar-refractivity contribution in [1.29, 1.82) is 0 Å². The Morgan fingerprint density at radius 1 is 1.05 bits per heavy atom. The van der Waals surface area contributed by atoms with Crippen LogP contribution in [0.4, 0.5) is 0 Å². The molecule has 0 aliphatic rings. The van der Waals surface area contributed by atoms with Crippen molar-refractivity contribution in [3.8, 4) is 5.69 Å². The average Bonchev–Trinajstić information content (AvgIpc) is 2.38.